The Morgan fingerprint density at radius 1 is 1.83 bits per heavy atom. The number of carbonyl (C=O) groups is 1. The predicted molar refractivity (Wildman–Crippen MR) is 39.9 cm³/mol. The maximum absolute atomic E-state index is 11.9. The lowest BCUT2D eigenvalue weighted by molar-refractivity contribution is 0.0689. The fourth-order valence-electron chi connectivity index (χ4n) is 0.921. The van der Waals surface area contributed by atoms with Crippen LogP contribution in [-0.4, -0.2) is 27.5 Å². The lowest BCUT2D eigenvalue weighted by atomic mass is 10.4. The number of aryl methyl sites for hydroxylation is 2. The summed E-state index contributed by atoms with van der Waals surface area (Å²) in [6.45, 7) is 1.26. The molecule has 1 rings (SSSR count). The van der Waals surface area contributed by atoms with Crippen LogP contribution in [0.3, 0.4) is 0 Å². The first-order valence-electron chi connectivity index (χ1n) is 3.49. The molecule has 12 heavy (non-hydrogen) atoms. The molecule has 0 aliphatic heterocycles. The lowest BCUT2D eigenvalue weighted by Crippen LogP contribution is -2.05. The second-order valence-electron chi connectivity index (χ2n) is 2.39. The Balaban J connectivity index is 2.92. The van der Waals surface area contributed by atoms with Gasteiger partial charge in [0.2, 0.25) is 0 Å². The SMILES string of the molecule is Cc1cc(C(=O)O)nn1CCF. The Morgan fingerprint density at radius 2 is 2.50 bits per heavy atom. The molecule has 0 saturated heterocycles. The van der Waals surface area contributed by atoms with Crippen molar-refractivity contribution in [3.05, 3.63) is 17.5 Å². The summed E-state index contributed by atoms with van der Waals surface area (Å²) in [4.78, 5) is 10.4. The molecule has 0 aliphatic carbocycles. The fourth-order valence-corrected chi connectivity index (χ4v) is 0.921. The number of rotatable bonds is 3. The predicted octanol–water partition coefficient (Wildman–Crippen LogP) is 0.859. The minimum Gasteiger partial charge on any atom is -0.476 e. The number of alkyl halides is 1. The molecule has 1 heterocycles. The highest BCUT2D eigenvalue weighted by Crippen LogP contribution is 2.02. The molecule has 0 atom stereocenters. The molecule has 0 unspecified atom stereocenters. The number of carboxylic acid groups (broad SMARTS) is 1. The molecule has 1 aromatic heterocycles. The van der Waals surface area contributed by atoms with Gasteiger partial charge in [0.1, 0.15) is 6.67 Å². The second kappa shape index (κ2) is 3.34. The van der Waals surface area contributed by atoms with Crippen LogP contribution in [0.4, 0.5) is 4.39 Å². The minimum absolute atomic E-state index is 0.0408. The van der Waals surface area contributed by atoms with E-state index in [0.29, 0.717) is 5.69 Å². The molecule has 4 nitrogen and oxygen atoms in total. The summed E-state index contributed by atoms with van der Waals surface area (Å²) >= 11 is 0. The Bertz CT molecular complexity index is 296. The highest BCUT2D eigenvalue weighted by Gasteiger charge is 2.09. The van der Waals surface area contributed by atoms with Crippen molar-refractivity contribution in [1.82, 2.24) is 9.78 Å². The van der Waals surface area contributed by atoms with E-state index in [-0.39, 0.29) is 12.2 Å². The Kier molecular flexibility index (Phi) is 2.42. The Morgan fingerprint density at radius 3 is 2.92 bits per heavy atom. The zero-order valence-electron chi connectivity index (χ0n) is 6.62. The smallest absolute Gasteiger partial charge is 0.356 e. The van der Waals surface area contributed by atoms with E-state index in [2.05, 4.69) is 5.10 Å². The third-order valence-electron chi connectivity index (χ3n) is 1.50. The van der Waals surface area contributed by atoms with Gasteiger partial charge in [0, 0.05) is 5.69 Å². The number of carboxylic acids is 1. The van der Waals surface area contributed by atoms with Crippen LogP contribution in [0, 0.1) is 6.92 Å². The monoisotopic (exact) mass is 172 g/mol. The van der Waals surface area contributed by atoms with Crippen LogP contribution in [0.25, 0.3) is 0 Å². The molecule has 0 amide bonds. The van der Waals surface area contributed by atoms with Gasteiger partial charge in [-0.1, -0.05) is 0 Å². The molecule has 0 radical (unpaired) electrons. The molecule has 1 N–H and O–H groups in total. The number of aromatic carboxylic acids is 1. The Hall–Kier alpha value is -1.39. The minimum atomic E-state index is -1.09. The molecular weight excluding hydrogens is 163 g/mol. The molecule has 0 fully saturated rings. The van der Waals surface area contributed by atoms with Crippen LogP contribution < -0.4 is 0 Å². The second-order valence-corrected chi connectivity index (χ2v) is 2.39. The first kappa shape index (κ1) is 8.70. The highest BCUT2D eigenvalue weighted by molar-refractivity contribution is 5.85. The normalized spacial score (nSPS) is 10.2. The third kappa shape index (κ3) is 1.61. The summed E-state index contributed by atoms with van der Waals surface area (Å²) in [6, 6.07) is 1.41. The molecule has 66 valence electrons. The van der Waals surface area contributed by atoms with Crippen molar-refractivity contribution >= 4 is 5.97 Å². The quantitative estimate of drug-likeness (QED) is 0.735. The van der Waals surface area contributed by atoms with Crippen LogP contribution in [0.2, 0.25) is 0 Å². The highest BCUT2D eigenvalue weighted by atomic mass is 19.1. The summed E-state index contributed by atoms with van der Waals surface area (Å²) < 4.78 is 13.2. The number of hydrogen-bond acceptors (Lipinski definition) is 2. The van der Waals surface area contributed by atoms with Crippen molar-refractivity contribution < 1.29 is 14.3 Å². The molecule has 1 aromatic rings. The fraction of sp³-hybridized carbons (Fsp3) is 0.429. The van der Waals surface area contributed by atoms with E-state index in [1.807, 2.05) is 0 Å². The zero-order chi connectivity index (χ0) is 9.14. The van der Waals surface area contributed by atoms with Crippen molar-refractivity contribution in [2.45, 2.75) is 13.5 Å². The van der Waals surface area contributed by atoms with E-state index in [1.54, 1.807) is 6.92 Å². The molecule has 0 aliphatic rings. The van der Waals surface area contributed by atoms with Gasteiger partial charge < -0.3 is 5.11 Å². The molecule has 0 aromatic carbocycles. The van der Waals surface area contributed by atoms with E-state index >= 15 is 0 Å². The van der Waals surface area contributed by atoms with Crippen LogP contribution in [-0.2, 0) is 6.54 Å². The third-order valence-corrected chi connectivity index (χ3v) is 1.50. The first-order valence-corrected chi connectivity index (χ1v) is 3.49. The van der Waals surface area contributed by atoms with Gasteiger partial charge in [-0.05, 0) is 13.0 Å². The Labute approximate surface area is 68.6 Å². The van der Waals surface area contributed by atoms with E-state index < -0.39 is 12.6 Å². The van der Waals surface area contributed by atoms with E-state index in [4.69, 9.17) is 5.11 Å². The topological polar surface area (TPSA) is 55.1 Å². The van der Waals surface area contributed by atoms with E-state index in [1.165, 1.54) is 10.7 Å². The van der Waals surface area contributed by atoms with E-state index in [9.17, 15) is 9.18 Å². The van der Waals surface area contributed by atoms with Crippen LogP contribution in [0.1, 0.15) is 16.2 Å². The van der Waals surface area contributed by atoms with Crippen molar-refractivity contribution in [2.75, 3.05) is 6.67 Å². The van der Waals surface area contributed by atoms with Crippen LogP contribution >= 0.6 is 0 Å². The molecule has 0 saturated carbocycles. The van der Waals surface area contributed by atoms with Crippen LogP contribution in [0.5, 0.6) is 0 Å². The molecule has 0 bridgehead atoms. The van der Waals surface area contributed by atoms with Crippen molar-refractivity contribution in [1.29, 1.82) is 0 Å². The van der Waals surface area contributed by atoms with Gasteiger partial charge in [0.25, 0.3) is 0 Å². The lowest BCUT2D eigenvalue weighted by Gasteiger charge is -1.97. The van der Waals surface area contributed by atoms with Crippen molar-refractivity contribution in [3.8, 4) is 0 Å². The number of nitrogens with zero attached hydrogens (tertiary/aromatic N) is 2. The van der Waals surface area contributed by atoms with Crippen LogP contribution in [0.15, 0.2) is 6.07 Å². The summed E-state index contributed by atoms with van der Waals surface area (Å²) in [5, 5.41) is 12.2. The van der Waals surface area contributed by atoms with E-state index in [0.717, 1.165) is 0 Å². The van der Waals surface area contributed by atoms with Crippen molar-refractivity contribution in [2.24, 2.45) is 0 Å². The summed E-state index contributed by atoms with van der Waals surface area (Å²) in [6.07, 6.45) is 0. The molecule has 5 heteroatoms. The summed E-state index contributed by atoms with van der Waals surface area (Å²) in [5.74, 6) is -1.09. The van der Waals surface area contributed by atoms with Gasteiger partial charge in [-0.15, -0.1) is 0 Å². The van der Waals surface area contributed by atoms with Gasteiger partial charge >= 0.3 is 5.97 Å². The average molecular weight is 172 g/mol. The van der Waals surface area contributed by atoms with Gasteiger partial charge in [-0.25, -0.2) is 9.18 Å². The van der Waals surface area contributed by atoms with Gasteiger partial charge in [0.15, 0.2) is 5.69 Å². The molecule has 0 spiro atoms. The van der Waals surface area contributed by atoms with Gasteiger partial charge in [-0.3, -0.25) is 4.68 Å². The maximum Gasteiger partial charge on any atom is 0.356 e. The number of hydrogen-bond donors (Lipinski definition) is 1. The number of halogens is 1. The summed E-state index contributed by atoms with van der Waals surface area (Å²) in [5.41, 5.74) is 0.617. The van der Waals surface area contributed by atoms with Gasteiger partial charge in [-0.2, -0.15) is 5.10 Å². The standard InChI is InChI=1S/C7H9FN2O2/c1-5-4-6(7(11)12)9-10(5)3-2-8/h4H,2-3H2,1H3,(H,11,12). The number of aromatic nitrogens is 2. The average Bonchev–Trinajstić information content (AvgIpc) is 2.34. The van der Waals surface area contributed by atoms with Crippen molar-refractivity contribution in [3.63, 3.8) is 0 Å². The first-order chi connectivity index (χ1) is 5.65. The maximum atomic E-state index is 11.9. The zero-order valence-corrected chi connectivity index (χ0v) is 6.62. The molecular formula is C7H9FN2O2. The summed E-state index contributed by atoms with van der Waals surface area (Å²) in [7, 11) is 0. The largest absolute Gasteiger partial charge is 0.476 e. The van der Waals surface area contributed by atoms with Gasteiger partial charge in [0.05, 0.1) is 6.54 Å².